The van der Waals surface area contributed by atoms with Gasteiger partial charge in [0.1, 0.15) is 0 Å². The fourth-order valence-corrected chi connectivity index (χ4v) is 4.11. The summed E-state index contributed by atoms with van der Waals surface area (Å²) in [5.74, 6) is 1.54. The minimum atomic E-state index is -0.149. The Kier molecular flexibility index (Phi) is 5.14. The highest BCUT2D eigenvalue weighted by Gasteiger charge is 2.28. The molecular formula is C21H28N4O2. The van der Waals surface area contributed by atoms with Crippen molar-refractivity contribution < 1.29 is 9.32 Å². The number of amides is 1. The normalized spacial score (nSPS) is 18.3. The zero-order valence-corrected chi connectivity index (χ0v) is 16.2. The molecule has 2 heterocycles. The van der Waals surface area contributed by atoms with E-state index in [1.807, 2.05) is 6.08 Å². The maximum atomic E-state index is 12.2. The molecule has 2 aliphatic rings. The number of aryl methyl sites for hydroxylation is 1. The maximum absolute atomic E-state index is 12.2. The summed E-state index contributed by atoms with van der Waals surface area (Å²) >= 11 is 0. The molecule has 6 heteroatoms. The van der Waals surface area contributed by atoms with Gasteiger partial charge in [-0.15, -0.1) is 0 Å². The summed E-state index contributed by atoms with van der Waals surface area (Å²) in [6.07, 6.45) is 12.2. The summed E-state index contributed by atoms with van der Waals surface area (Å²) < 4.78 is 7.63. The lowest BCUT2D eigenvalue weighted by molar-refractivity contribution is -0.116. The van der Waals surface area contributed by atoms with Crippen LogP contribution < -0.4 is 5.32 Å². The van der Waals surface area contributed by atoms with Crippen molar-refractivity contribution in [1.29, 1.82) is 0 Å². The second kappa shape index (κ2) is 7.71. The average molecular weight is 368 g/mol. The van der Waals surface area contributed by atoms with Crippen molar-refractivity contribution in [3.63, 3.8) is 0 Å². The van der Waals surface area contributed by atoms with Crippen molar-refractivity contribution in [1.82, 2.24) is 20.0 Å². The smallest absolute Gasteiger partial charge is 0.246 e. The van der Waals surface area contributed by atoms with Gasteiger partial charge in [-0.05, 0) is 57.2 Å². The second-order valence-electron chi connectivity index (χ2n) is 7.86. The Morgan fingerprint density at radius 1 is 1.26 bits per heavy atom. The van der Waals surface area contributed by atoms with Crippen LogP contribution >= 0.6 is 0 Å². The van der Waals surface area contributed by atoms with E-state index in [2.05, 4.69) is 39.9 Å². The number of nitrogens with zero attached hydrogens (tertiary/aromatic N) is 3. The highest BCUT2D eigenvalue weighted by molar-refractivity contribution is 5.91. The number of hydrogen-bond donors (Lipinski definition) is 1. The molecule has 2 aromatic rings. The van der Waals surface area contributed by atoms with Gasteiger partial charge in [-0.25, -0.2) is 0 Å². The molecule has 0 aliphatic heterocycles. The summed E-state index contributed by atoms with van der Waals surface area (Å²) in [4.78, 5) is 16.5. The molecule has 0 unspecified atom stereocenters. The van der Waals surface area contributed by atoms with Crippen LogP contribution in [0.3, 0.4) is 0 Å². The quantitative estimate of drug-likeness (QED) is 0.776. The lowest BCUT2D eigenvalue weighted by Crippen LogP contribution is -2.20. The predicted octanol–water partition coefficient (Wildman–Crippen LogP) is 4.20. The van der Waals surface area contributed by atoms with E-state index in [0.717, 1.165) is 24.2 Å². The molecular weight excluding hydrogens is 340 g/mol. The zero-order valence-electron chi connectivity index (χ0n) is 16.2. The molecule has 1 amide bonds. The predicted molar refractivity (Wildman–Crippen MR) is 103 cm³/mol. The van der Waals surface area contributed by atoms with Gasteiger partial charge in [-0.1, -0.05) is 24.4 Å². The molecule has 0 saturated heterocycles. The van der Waals surface area contributed by atoms with Crippen molar-refractivity contribution in [2.24, 2.45) is 0 Å². The maximum Gasteiger partial charge on any atom is 0.246 e. The van der Waals surface area contributed by atoms with Gasteiger partial charge < -0.3 is 14.4 Å². The third kappa shape index (κ3) is 4.15. The molecule has 2 aromatic heterocycles. The summed E-state index contributed by atoms with van der Waals surface area (Å²) in [6, 6.07) is 2.78. The first kappa shape index (κ1) is 18.0. The highest BCUT2D eigenvalue weighted by atomic mass is 16.5. The van der Waals surface area contributed by atoms with Gasteiger partial charge in [0.05, 0.1) is 6.54 Å². The van der Waals surface area contributed by atoms with Crippen LogP contribution in [-0.4, -0.2) is 20.6 Å². The summed E-state index contributed by atoms with van der Waals surface area (Å²) in [7, 11) is 0. The fraction of sp³-hybridized carbons (Fsp3) is 0.571. The van der Waals surface area contributed by atoms with Crippen LogP contribution in [-0.2, 0) is 11.3 Å². The molecule has 0 aromatic carbocycles. The second-order valence-corrected chi connectivity index (χ2v) is 7.86. The van der Waals surface area contributed by atoms with E-state index in [0.29, 0.717) is 17.9 Å². The van der Waals surface area contributed by atoms with Crippen molar-refractivity contribution in [3.05, 3.63) is 40.8 Å². The first-order valence-electron chi connectivity index (χ1n) is 10.1. The lowest BCUT2D eigenvalue weighted by Gasteiger charge is -2.26. The molecule has 0 radical (unpaired) electrons. The van der Waals surface area contributed by atoms with Crippen LogP contribution in [0.15, 0.2) is 16.7 Å². The number of hydrogen-bond acceptors (Lipinski definition) is 4. The number of nitrogens with one attached hydrogen (secondary N) is 1. The number of carbonyl (C=O) groups is 1. The van der Waals surface area contributed by atoms with E-state index in [9.17, 15) is 4.79 Å². The highest BCUT2D eigenvalue weighted by Crippen LogP contribution is 2.38. The van der Waals surface area contributed by atoms with E-state index in [4.69, 9.17) is 4.52 Å². The van der Waals surface area contributed by atoms with Crippen LogP contribution in [0.2, 0.25) is 0 Å². The SMILES string of the molecule is Cc1cc(/C=C\C(=O)NCc2nc(C3CC3)no2)c(C)n1C1CCCCC1. The molecule has 0 bridgehead atoms. The van der Waals surface area contributed by atoms with Gasteiger partial charge in [-0.3, -0.25) is 4.79 Å². The Hall–Kier alpha value is -2.37. The van der Waals surface area contributed by atoms with E-state index >= 15 is 0 Å². The van der Waals surface area contributed by atoms with Gasteiger partial charge in [0.2, 0.25) is 11.8 Å². The van der Waals surface area contributed by atoms with Crippen molar-refractivity contribution >= 4 is 12.0 Å². The molecule has 144 valence electrons. The Bertz CT molecular complexity index is 838. The van der Waals surface area contributed by atoms with Crippen molar-refractivity contribution in [2.75, 3.05) is 0 Å². The third-order valence-electron chi connectivity index (χ3n) is 5.72. The van der Waals surface area contributed by atoms with Crippen LogP contribution in [0.25, 0.3) is 6.08 Å². The fourth-order valence-electron chi connectivity index (χ4n) is 4.11. The first-order chi connectivity index (χ1) is 13.1. The monoisotopic (exact) mass is 368 g/mol. The summed E-state index contributed by atoms with van der Waals surface area (Å²) in [6.45, 7) is 4.58. The molecule has 2 saturated carbocycles. The molecule has 0 spiro atoms. The number of aromatic nitrogens is 3. The number of carbonyl (C=O) groups excluding carboxylic acids is 1. The Balaban J connectivity index is 1.36. The Morgan fingerprint density at radius 2 is 2.04 bits per heavy atom. The topological polar surface area (TPSA) is 73.0 Å². The Labute approximate surface area is 160 Å². The third-order valence-corrected chi connectivity index (χ3v) is 5.72. The van der Waals surface area contributed by atoms with Gasteiger partial charge in [0, 0.05) is 29.4 Å². The molecule has 2 fully saturated rings. The summed E-state index contributed by atoms with van der Waals surface area (Å²) in [5.41, 5.74) is 3.63. The van der Waals surface area contributed by atoms with E-state index in [1.54, 1.807) is 6.08 Å². The zero-order chi connectivity index (χ0) is 18.8. The van der Waals surface area contributed by atoms with Gasteiger partial charge in [0.25, 0.3) is 0 Å². The minimum Gasteiger partial charge on any atom is -0.346 e. The van der Waals surface area contributed by atoms with Crippen LogP contribution in [0, 0.1) is 13.8 Å². The lowest BCUT2D eigenvalue weighted by atomic mass is 9.95. The number of rotatable bonds is 6. The first-order valence-corrected chi connectivity index (χ1v) is 10.1. The summed E-state index contributed by atoms with van der Waals surface area (Å²) in [5, 5.41) is 6.78. The van der Waals surface area contributed by atoms with Gasteiger partial charge in [-0.2, -0.15) is 4.98 Å². The van der Waals surface area contributed by atoms with Gasteiger partial charge >= 0.3 is 0 Å². The molecule has 6 nitrogen and oxygen atoms in total. The average Bonchev–Trinajstić information content (AvgIpc) is 3.35. The molecule has 27 heavy (non-hydrogen) atoms. The molecule has 2 aliphatic carbocycles. The van der Waals surface area contributed by atoms with Crippen LogP contribution in [0.5, 0.6) is 0 Å². The van der Waals surface area contributed by atoms with E-state index < -0.39 is 0 Å². The van der Waals surface area contributed by atoms with E-state index in [-0.39, 0.29) is 12.5 Å². The van der Waals surface area contributed by atoms with Crippen LogP contribution in [0.4, 0.5) is 0 Å². The van der Waals surface area contributed by atoms with Crippen molar-refractivity contribution in [3.8, 4) is 0 Å². The van der Waals surface area contributed by atoms with Crippen molar-refractivity contribution in [2.45, 2.75) is 77.3 Å². The standard InChI is InChI=1S/C21H28N4O2/c1-14-12-17(15(2)25(14)18-6-4-3-5-7-18)10-11-19(26)22-13-20-23-21(24-27-20)16-8-9-16/h10-12,16,18H,3-9,13H2,1-2H3,(H,22,26)/b11-10-. The Morgan fingerprint density at radius 3 is 2.78 bits per heavy atom. The molecule has 4 rings (SSSR count). The van der Waals surface area contributed by atoms with Crippen LogP contribution in [0.1, 0.15) is 85.6 Å². The van der Waals surface area contributed by atoms with Gasteiger partial charge in [0.15, 0.2) is 5.82 Å². The molecule has 0 atom stereocenters. The largest absolute Gasteiger partial charge is 0.346 e. The van der Waals surface area contributed by atoms with E-state index in [1.165, 1.54) is 43.5 Å². The molecule has 1 N–H and O–H groups in total. The minimum absolute atomic E-state index is 0.149.